The van der Waals surface area contributed by atoms with E-state index in [1.54, 1.807) is 0 Å². The molecule has 1 aliphatic heterocycles. The Morgan fingerprint density at radius 1 is 1.43 bits per heavy atom. The number of alkyl halides is 1. The Kier molecular flexibility index (Phi) is 4.45. The first kappa shape index (κ1) is 14.8. The van der Waals surface area contributed by atoms with Crippen LogP contribution in [0.5, 0.6) is 0 Å². The van der Waals surface area contributed by atoms with Gasteiger partial charge in [-0.05, 0) is 38.8 Å². The van der Waals surface area contributed by atoms with E-state index in [-0.39, 0.29) is 0 Å². The van der Waals surface area contributed by atoms with Gasteiger partial charge in [-0.15, -0.1) is 11.6 Å². The number of nitrogens with zero attached hydrogens (tertiary/aromatic N) is 4. The van der Waals surface area contributed by atoms with Gasteiger partial charge in [0.2, 0.25) is 0 Å². The number of fused-ring (bicyclic) bond motifs is 1. The van der Waals surface area contributed by atoms with E-state index in [0.29, 0.717) is 17.8 Å². The summed E-state index contributed by atoms with van der Waals surface area (Å²) in [6.07, 6.45) is 5.78. The fourth-order valence-corrected chi connectivity index (χ4v) is 3.42. The van der Waals surface area contributed by atoms with Crippen molar-refractivity contribution in [1.29, 1.82) is 0 Å². The molecule has 0 aromatic carbocycles. The molecular weight excluding hydrogens is 284 g/mol. The van der Waals surface area contributed by atoms with Gasteiger partial charge in [-0.25, -0.2) is 4.98 Å². The summed E-state index contributed by atoms with van der Waals surface area (Å²) in [6, 6.07) is 2.70. The Morgan fingerprint density at radius 2 is 2.29 bits per heavy atom. The van der Waals surface area contributed by atoms with Crippen molar-refractivity contribution in [3.8, 4) is 0 Å². The third-order valence-corrected chi connectivity index (χ3v) is 4.63. The number of hydrogen-bond acceptors (Lipinski definition) is 3. The number of imidazole rings is 1. The molecule has 0 aliphatic carbocycles. The normalized spacial score (nSPS) is 19.9. The molecule has 1 atom stereocenters. The zero-order valence-corrected chi connectivity index (χ0v) is 13.6. The van der Waals surface area contributed by atoms with Crippen LogP contribution < -0.4 is 0 Å². The smallest absolute Gasteiger partial charge is 0.111 e. The number of rotatable bonds is 5. The second-order valence-electron chi connectivity index (χ2n) is 6.19. The van der Waals surface area contributed by atoms with Gasteiger partial charge in [-0.1, -0.05) is 0 Å². The van der Waals surface area contributed by atoms with Gasteiger partial charge in [0.15, 0.2) is 0 Å². The van der Waals surface area contributed by atoms with E-state index in [9.17, 15) is 0 Å². The highest BCUT2D eigenvalue weighted by Gasteiger charge is 2.25. The van der Waals surface area contributed by atoms with Crippen LogP contribution in [-0.2, 0) is 13.0 Å². The van der Waals surface area contributed by atoms with Gasteiger partial charge in [0.05, 0.1) is 11.7 Å². The third kappa shape index (κ3) is 3.06. The Labute approximate surface area is 131 Å². The van der Waals surface area contributed by atoms with Crippen LogP contribution in [0.1, 0.15) is 26.1 Å². The van der Waals surface area contributed by atoms with Crippen LogP contribution in [0.3, 0.4) is 0 Å². The standard InChI is InChI=1S/C16H23ClN4/c1-12(2)20-8-5-13(10-20)11-21-15-4-7-18-9-14(15)19-16(21)3-6-17/h4,7,9,12-13H,3,5-6,8,10-11H2,1-2H3. The molecule has 114 valence electrons. The van der Waals surface area contributed by atoms with Crippen LogP contribution in [0.15, 0.2) is 18.5 Å². The lowest BCUT2D eigenvalue weighted by atomic mass is 10.1. The maximum atomic E-state index is 5.94. The molecule has 0 saturated carbocycles. The molecule has 3 heterocycles. The minimum Gasteiger partial charge on any atom is -0.328 e. The first-order valence-corrected chi connectivity index (χ1v) is 8.31. The summed E-state index contributed by atoms with van der Waals surface area (Å²) < 4.78 is 2.36. The summed E-state index contributed by atoms with van der Waals surface area (Å²) >= 11 is 5.94. The van der Waals surface area contributed by atoms with Crippen LogP contribution in [0.4, 0.5) is 0 Å². The van der Waals surface area contributed by atoms with Crippen LogP contribution in [-0.4, -0.2) is 44.4 Å². The molecule has 2 aromatic rings. The summed E-state index contributed by atoms with van der Waals surface area (Å²) in [5.74, 6) is 2.41. The van der Waals surface area contributed by atoms with Crippen LogP contribution in [0.2, 0.25) is 0 Å². The van der Waals surface area contributed by atoms with E-state index in [1.807, 2.05) is 12.4 Å². The van der Waals surface area contributed by atoms with Gasteiger partial charge < -0.3 is 9.47 Å². The van der Waals surface area contributed by atoms with Crippen molar-refractivity contribution in [2.24, 2.45) is 5.92 Å². The summed E-state index contributed by atoms with van der Waals surface area (Å²) in [5, 5.41) is 0. The fraction of sp³-hybridized carbons (Fsp3) is 0.625. The van der Waals surface area contributed by atoms with Crippen molar-refractivity contribution in [2.45, 2.75) is 39.3 Å². The second-order valence-corrected chi connectivity index (χ2v) is 6.56. The number of pyridine rings is 1. The average molecular weight is 307 g/mol. The molecule has 4 nitrogen and oxygen atoms in total. The van der Waals surface area contributed by atoms with Gasteiger partial charge in [0.1, 0.15) is 11.3 Å². The van der Waals surface area contributed by atoms with E-state index in [2.05, 4.69) is 34.4 Å². The van der Waals surface area contributed by atoms with Gasteiger partial charge >= 0.3 is 0 Å². The zero-order valence-electron chi connectivity index (χ0n) is 12.8. The Hall–Kier alpha value is -1.13. The monoisotopic (exact) mass is 306 g/mol. The van der Waals surface area contributed by atoms with Gasteiger partial charge in [-0.2, -0.15) is 0 Å². The summed E-state index contributed by atoms with van der Waals surface area (Å²) in [5.41, 5.74) is 2.17. The first-order valence-electron chi connectivity index (χ1n) is 7.78. The molecule has 0 bridgehead atoms. The fourth-order valence-electron chi connectivity index (χ4n) is 3.25. The highest BCUT2D eigenvalue weighted by atomic mass is 35.5. The number of aromatic nitrogens is 3. The number of aryl methyl sites for hydroxylation is 1. The van der Waals surface area contributed by atoms with Crippen LogP contribution in [0.25, 0.3) is 11.0 Å². The van der Waals surface area contributed by atoms with Crippen molar-refractivity contribution in [1.82, 2.24) is 19.4 Å². The summed E-state index contributed by atoms with van der Waals surface area (Å²) in [4.78, 5) is 11.4. The van der Waals surface area contributed by atoms with Crippen LogP contribution >= 0.6 is 11.6 Å². The SMILES string of the molecule is CC(C)N1CCC(Cn2c(CCCl)nc3cnccc32)C1. The minimum absolute atomic E-state index is 0.611. The second kappa shape index (κ2) is 6.32. The third-order valence-electron chi connectivity index (χ3n) is 4.44. The average Bonchev–Trinajstić information content (AvgIpc) is 3.06. The summed E-state index contributed by atoms with van der Waals surface area (Å²) in [7, 11) is 0. The number of likely N-dealkylation sites (tertiary alicyclic amines) is 1. The Balaban J connectivity index is 1.84. The van der Waals surface area contributed by atoms with E-state index in [1.165, 1.54) is 25.0 Å². The molecule has 0 N–H and O–H groups in total. The summed E-state index contributed by atoms with van der Waals surface area (Å²) in [6.45, 7) is 7.99. The molecule has 0 amide bonds. The highest BCUT2D eigenvalue weighted by Crippen LogP contribution is 2.24. The number of hydrogen-bond donors (Lipinski definition) is 0. The van der Waals surface area contributed by atoms with Crippen molar-refractivity contribution < 1.29 is 0 Å². The largest absolute Gasteiger partial charge is 0.328 e. The number of halogens is 1. The zero-order chi connectivity index (χ0) is 14.8. The van der Waals surface area contributed by atoms with Crippen LogP contribution in [0, 0.1) is 5.92 Å². The van der Waals surface area contributed by atoms with Gasteiger partial charge in [-0.3, -0.25) is 4.98 Å². The van der Waals surface area contributed by atoms with Crippen molar-refractivity contribution in [2.75, 3.05) is 19.0 Å². The highest BCUT2D eigenvalue weighted by molar-refractivity contribution is 6.17. The van der Waals surface area contributed by atoms with Crippen molar-refractivity contribution >= 4 is 22.6 Å². The van der Waals surface area contributed by atoms with Gasteiger partial charge in [0, 0.05) is 37.6 Å². The lowest BCUT2D eigenvalue weighted by Crippen LogP contribution is -2.29. The van der Waals surface area contributed by atoms with E-state index >= 15 is 0 Å². The molecule has 2 aromatic heterocycles. The van der Waals surface area contributed by atoms with Gasteiger partial charge in [0.25, 0.3) is 0 Å². The molecule has 1 fully saturated rings. The molecule has 0 radical (unpaired) electrons. The first-order chi connectivity index (χ1) is 10.2. The van der Waals surface area contributed by atoms with Crippen molar-refractivity contribution in [3.05, 3.63) is 24.3 Å². The lowest BCUT2D eigenvalue weighted by Gasteiger charge is -2.20. The molecule has 1 unspecified atom stereocenters. The molecule has 1 aliphatic rings. The topological polar surface area (TPSA) is 34.0 Å². The molecule has 5 heteroatoms. The Morgan fingerprint density at radius 3 is 3.00 bits per heavy atom. The van der Waals surface area contributed by atoms with E-state index < -0.39 is 0 Å². The predicted octanol–water partition coefficient (Wildman–Crippen LogP) is 2.94. The van der Waals surface area contributed by atoms with E-state index in [0.717, 1.165) is 24.3 Å². The quantitative estimate of drug-likeness (QED) is 0.797. The maximum absolute atomic E-state index is 5.94. The minimum atomic E-state index is 0.611. The molecule has 21 heavy (non-hydrogen) atoms. The molecule has 3 rings (SSSR count). The molecule has 0 spiro atoms. The lowest BCUT2D eigenvalue weighted by molar-refractivity contribution is 0.261. The molecular formula is C16H23ClN4. The maximum Gasteiger partial charge on any atom is 0.111 e. The predicted molar refractivity (Wildman–Crippen MR) is 86.8 cm³/mol. The molecule has 1 saturated heterocycles. The van der Waals surface area contributed by atoms with E-state index in [4.69, 9.17) is 16.6 Å². The van der Waals surface area contributed by atoms with Crippen molar-refractivity contribution in [3.63, 3.8) is 0 Å². The Bertz CT molecular complexity index is 607.